The summed E-state index contributed by atoms with van der Waals surface area (Å²) in [7, 11) is 0. The number of aliphatic imine (C=N–C) groups is 1. The Bertz CT molecular complexity index is 602. The minimum atomic E-state index is 0.226. The lowest BCUT2D eigenvalue weighted by molar-refractivity contribution is 0.717. The van der Waals surface area contributed by atoms with Gasteiger partial charge in [-0.05, 0) is 45.9 Å². The summed E-state index contributed by atoms with van der Waals surface area (Å²) in [6, 6.07) is 12.7. The van der Waals surface area contributed by atoms with Gasteiger partial charge in [-0.15, -0.1) is 0 Å². The van der Waals surface area contributed by atoms with Crippen LogP contribution in [0.4, 0.5) is 5.82 Å². The molecular formula is C16H22N4. The minimum absolute atomic E-state index is 0.226. The van der Waals surface area contributed by atoms with Crippen molar-refractivity contribution in [2.75, 3.05) is 5.32 Å². The Kier molecular flexibility index (Phi) is 4.56. The zero-order valence-electron chi connectivity index (χ0n) is 12.5. The maximum atomic E-state index is 4.60. The zero-order valence-corrected chi connectivity index (χ0v) is 12.5. The molecule has 0 fully saturated rings. The molecule has 4 nitrogen and oxygen atoms in total. The van der Waals surface area contributed by atoms with Crippen LogP contribution in [0.25, 0.3) is 10.9 Å². The van der Waals surface area contributed by atoms with Gasteiger partial charge in [0.05, 0.1) is 5.52 Å². The number of guanidine groups is 1. The molecule has 0 saturated carbocycles. The van der Waals surface area contributed by atoms with Crippen molar-refractivity contribution in [1.29, 1.82) is 0 Å². The van der Waals surface area contributed by atoms with Crippen LogP contribution in [0.3, 0.4) is 0 Å². The number of hydrogen-bond acceptors (Lipinski definition) is 2. The summed E-state index contributed by atoms with van der Waals surface area (Å²) < 4.78 is 0. The Labute approximate surface area is 120 Å². The van der Waals surface area contributed by atoms with E-state index in [0.29, 0.717) is 6.04 Å². The number of benzene rings is 1. The maximum absolute atomic E-state index is 4.60. The topological polar surface area (TPSA) is 49.3 Å². The number of para-hydroxylation sites is 1. The molecule has 20 heavy (non-hydrogen) atoms. The third-order valence-corrected chi connectivity index (χ3v) is 2.66. The molecule has 0 unspecified atom stereocenters. The molecule has 1 aromatic heterocycles. The van der Waals surface area contributed by atoms with Gasteiger partial charge in [-0.3, -0.25) is 4.99 Å². The standard InChI is InChI=1S/C16H22N4/c1-11(2)17-16(18-12(3)4)20-15-10-9-13-7-5-6-8-14(13)19-15/h5-12H,1-4H3,(H2,17,18,19,20). The van der Waals surface area contributed by atoms with Gasteiger partial charge in [-0.1, -0.05) is 18.2 Å². The number of pyridine rings is 1. The number of hydrogen-bond donors (Lipinski definition) is 2. The van der Waals surface area contributed by atoms with Crippen LogP contribution in [0.5, 0.6) is 0 Å². The predicted molar refractivity (Wildman–Crippen MR) is 86.2 cm³/mol. The Morgan fingerprint density at radius 2 is 1.80 bits per heavy atom. The van der Waals surface area contributed by atoms with E-state index in [0.717, 1.165) is 22.7 Å². The first kappa shape index (κ1) is 14.3. The van der Waals surface area contributed by atoms with Crippen molar-refractivity contribution in [2.24, 2.45) is 4.99 Å². The van der Waals surface area contributed by atoms with E-state index in [4.69, 9.17) is 0 Å². The summed E-state index contributed by atoms with van der Waals surface area (Å²) in [6.07, 6.45) is 0. The van der Waals surface area contributed by atoms with E-state index >= 15 is 0 Å². The van der Waals surface area contributed by atoms with Crippen molar-refractivity contribution < 1.29 is 0 Å². The molecule has 0 amide bonds. The lowest BCUT2D eigenvalue weighted by Gasteiger charge is -2.16. The smallest absolute Gasteiger partial charge is 0.197 e. The van der Waals surface area contributed by atoms with Gasteiger partial charge in [-0.2, -0.15) is 0 Å². The van der Waals surface area contributed by atoms with Crippen molar-refractivity contribution in [3.63, 3.8) is 0 Å². The Balaban J connectivity index is 2.23. The highest BCUT2D eigenvalue weighted by molar-refractivity contribution is 5.94. The molecule has 0 aliphatic rings. The third-order valence-electron chi connectivity index (χ3n) is 2.66. The summed E-state index contributed by atoms with van der Waals surface area (Å²) in [5, 5.41) is 7.70. The van der Waals surface area contributed by atoms with Gasteiger partial charge >= 0.3 is 0 Å². The van der Waals surface area contributed by atoms with Crippen molar-refractivity contribution in [3.05, 3.63) is 36.4 Å². The number of fused-ring (bicyclic) bond motifs is 1. The molecule has 0 spiro atoms. The van der Waals surface area contributed by atoms with Crippen LogP contribution in [0, 0.1) is 0 Å². The molecule has 0 aliphatic carbocycles. The SMILES string of the molecule is CC(C)N=C(Nc1ccc2ccccc2n1)NC(C)C. The minimum Gasteiger partial charge on any atom is -0.354 e. The second-order valence-electron chi connectivity index (χ2n) is 5.38. The van der Waals surface area contributed by atoms with E-state index in [9.17, 15) is 0 Å². The average Bonchev–Trinajstić information content (AvgIpc) is 2.37. The number of rotatable bonds is 3. The zero-order chi connectivity index (χ0) is 14.5. The van der Waals surface area contributed by atoms with Gasteiger partial charge in [-0.25, -0.2) is 4.98 Å². The number of anilines is 1. The second-order valence-corrected chi connectivity index (χ2v) is 5.38. The van der Waals surface area contributed by atoms with Crippen molar-refractivity contribution >= 4 is 22.7 Å². The van der Waals surface area contributed by atoms with Crippen molar-refractivity contribution in [3.8, 4) is 0 Å². The van der Waals surface area contributed by atoms with Crippen LogP contribution in [0.2, 0.25) is 0 Å². The van der Waals surface area contributed by atoms with E-state index in [2.05, 4.69) is 60.4 Å². The van der Waals surface area contributed by atoms with Crippen LogP contribution < -0.4 is 10.6 Å². The Morgan fingerprint density at radius 3 is 2.50 bits per heavy atom. The van der Waals surface area contributed by atoms with Gasteiger partial charge in [0.2, 0.25) is 0 Å². The summed E-state index contributed by atoms with van der Waals surface area (Å²) in [5.41, 5.74) is 0.978. The lowest BCUT2D eigenvalue weighted by atomic mass is 10.2. The molecule has 4 heteroatoms. The highest BCUT2D eigenvalue weighted by atomic mass is 15.2. The number of nitrogens with zero attached hydrogens (tertiary/aromatic N) is 2. The monoisotopic (exact) mass is 270 g/mol. The van der Waals surface area contributed by atoms with Gasteiger partial charge in [0, 0.05) is 17.5 Å². The van der Waals surface area contributed by atoms with E-state index in [1.165, 1.54) is 0 Å². The molecule has 1 aromatic carbocycles. The van der Waals surface area contributed by atoms with E-state index < -0.39 is 0 Å². The third kappa shape index (κ3) is 3.95. The first-order chi connectivity index (χ1) is 9.54. The van der Waals surface area contributed by atoms with Crippen LogP contribution >= 0.6 is 0 Å². The summed E-state index contributed by atoms with van der Waals surface area (Å²) in [5.74, 6) is 1.56. The molecule has 0 atom stereocenters. The fourth-order valence-corrected chi connectivity index (χ4v) is 1.89. The van der Waals surface area contributed by atoms with Crippen LogP contribution in [-0.4, -0.2) is 23.0 Å². The van der Waals surface area contributed by atoms with Gasteiger partial charge in [0.15, 0.2) is 5.96 Å². The normalized spacial score (nSPS) is 12.2. The highest BCUT2D eigenvalue weighted by Gasteiger charge is 2.05. The molecule has 2 N–H and O–H groups in total. The molecule has 1 heterocycles. The molecule has 0 aliphatic heterocycles. The first-order valence-electron chi connectivity index (χ1n) is 7.02. The second kappa shape index (κ2) is 6.37. The van der Waals surface area contributed by atoms with Gasteiger partial charge in [0.1, 0.15) is 5.82 Å². The van der Waals surface area contributed by atoms with Crippen LogP contribution in [-0.2, 0) is 0 Å². The van der Waals surface area contributed by atoms with E-state index in [1.54, 1.807) is 0 Å². The largest absolute Gasteiger partial charge is 0.354 e. The van der Waals surface area contributed by atoms with E-state index in [1.807, 2.05) is 24.3 Å². The molecule has 2 rings (SSSR count). The maximum Gasteiger partial charge on any atom is 0.197 e. The summed E-state index contributed by atoms with van der Waals surface area (Å²) in [6.45, 7) is 8.28. The quantitative estimate of drug-likeness (QED) is 0.664. The first-order valence-corrected chi connectivity index (χ1v) is 7.02. The van der Waals surface area contributed by atoms with Crippen LogP contribution in [0.1, 0.15) is 27.7 Å². The number of nitrogens with one attached hydrogen (secondary N) is 2. The predicted octanol–water partition coefficient (Wildman–Crippen LogP) is 3.41. The van der Waals surface area contributed by atoms with Crippen molar-refractivity contribution in [1.82, 2.24) is 10.3 Å². The summed E-state index contributed by atoms with van der Waals surface area (Å²) in [4.78, 5) is 9.14. The molecule has 0 radical (unpaired) electrons. The Hall–Kier alpha value is -2.10. The molecular weight excluding hydrogens is 248 g/mol. The fraction of sp³-hybridized carbons (Fsp3) is 0.375. The van der Waals surface area contributed by atoms with E-state index in [-0.39, 0.29) is 6.04 Å². The fourth-order valence-electron chi connectivity index (χ4n) is 1.89. The highest BCUT2D eigenvalue weighted by Crippen LogP contribution is 2.14. The van der Waals surface area contributed by atoms with Crippen molar-refractivity contribution in [2.45, 2.75) is 39.8 Å². The molecule has 106 valence electrons. The summed E-state index contributed by atoms with van der Waals surface area (Å²) >= 11 is 0. The van der Waals surface area contributed by atoms with Crippen LogP contribution in [0.15, 0.2) is 41.4 Å². The van der Waals surface area contributed by atoms with Gasteiger partial charge < -0.3 is 10.6 Å². The molecule has 0 saturated heterocycles. The lowest BCUT2D eigenvalue weighted by Crippen LogP contribution is -2.36. The average molecular weight is 270 g/mol. The molecule has 2 aromatic rings. The molecule has 0 bridgehead atoms. The van der Waals surface area contributed by atoms with Gasteiger partial charge in [0.25, 0.3) is 0 Å². The Morgan fingerprint density at radius 1 is 1.05 bits per heavy atom. The number of aromatic nitrogens is 1.